The molecule has 23 heavy (non-hydrogen) atoms. The molecule has 1 amide bonds. The first-order valence-corrected chi connectivity index (χ1v) is 8.80. The van der Waals surface area contributed by atoms with Crippen molar-refractivity contribution >= 4 is 29.0 Å². The predicted octanol–water partition coefficient (Wildman–Crippen LogP) is 3.43. The first kappa shape index (κ1) is 15.8. The van der Waals surface area contributed by atoms with Gasteiger partial charge >= 0.3 is 0 Å². The summed E-state index contributed by atoms with van der Waals surface area (Å²) in [6.07, 6.45) is 0.242. The third kappa shape index (κ3) is 4.00. The van der Waals surface area contributed by atoms with Crippen LogP contribution in [0.5, 0.6) is 0 Å². The summed E-state index contributed by atoms with van der Waals surface area (Å²) in [5.74, 6) is 1.09. The van der Waals surface area contributed by atoms with E-state index in [1.165, 1.54) is 11.3 Å². The van der Waals surface area contributed by atoms with Gasteiger partial charge in [0.25, 0.3) is 0 Å². The Morgan fingerprint density at radius 3 is 2.87 bits per heavy atom. The van der Waals surface area contributed by atoms with E-state index >= 15 is 0 Å². The van der Waals surface area contributed by atoms with E-state index < -0.39 is 0 Å². The van der Waals surface area contributed by atoms with Crippen molar-refractivity contribution in [3.05, 3.63) is 52.7 Å². The number of amides is 1. The lowest BCUT2D eigenvalue weighted by atomic mass is 10.2. The maximum atomic E-state index is 11.0. The van der Waals surface area contributed by atoms with E-state index in [1.807, 2.05) is 43.3 Å². The van der Waals surface area contributed by atoms with E-state index in [4.69, 9.17) is 10.3 Å². The average Bonchev–Trinajstić information content (AvgIpc) is 3.13. The Bertz CT molecular complexity index is 812. The van der Waals surface area contributed by atoms with Crippen LogP contribution in [0.2, 0.25) is 0 Å². The lowest BCUT2D eigenvalue weighted by molar-refractivity contribution is -0.117. The fraction of sp³-hybridized carbons (Fsp3) is 0.188. The molecule has 0 aliphatic carbocycles. The van der Waals surface area contributed by atoms with Crippen LogP contribution >= 0.6 is 23.1 Å². The summed E-state index contributed by atoms with van der Waals surface area (Å²) in [6, 6.07) is 11.8. The second kappa shape index (κ2) is 6.97. The highest BCUT2D eigenvalue weighted by molar-refractivity contribution is 8.00. The van der Waals surface area contributed by atoms with Crippen LogP contribution in [0.1, 0.15) is 16.3 Å². The van der Waals surface area contributed by atoms with Gasteiger partial charge < -0.3 is 10.3 Å². The summed E-state index contributed by atoms with van der Waals surface area (Å²) in [7, 11) is 0. The maximum Gasteiger partial charge on any atom is 0.222 e. The number of hydrogen-bond acceptors (Lipinski definition) is 6. The van der Waals surface area contributed by atoms with Gasteiger partial charge in [-0.05, 0) is 6.92 Å². The highest BCUT2D eigenvalue weighted by atomic mass is 32.2. The van der Waals surface area contributed by atoms with E-state index in [1.54, 1.807) is 11.8 Å². The zero-order valence-corrected chi connectivity index (χ0v) is 14.1. The third-order valence-corrected chi connectivity index (χ3v) is 5.50. The van der Waals surface area contributed by atoms with Crippen LogP contribution in [0.4, 0.5) is 0 Å². The van der Waals surface area contributed by atoms with Gasteiger partial charge in [0.1, 0.15) is 0 Å². The van der Waals surface area contributed by atoms with Crippen LogP contribution < -0.4 is 5.73 Å². The molecule has 0 saturated heterocycles. The molecule has 3 aromatic rings. The average molecular weight is 345 g/mol. The third-order valence-electron chi connectivity index (χ3n) is 3.17. The Hall–Kier alpha value is -2.12. The Balaban J connectivity index is 1.65. The molecule has 5 nitrogen and oxygen atoms in total. The summed E-state index contributed by atoms with van der Waals surface area (Å²) in [5, 5.41) is 4.09. The summed E-state index contributed by atoms with van der Waals surface area (Å²) >= 11 is 3.08. The molecule has 0 aliphatic rings. The second-order valence-electron chi connectivity index (χ2n) is 4.97. The Labute approximate surface area is 141 Å². The fourth-order valence-electron chi connectivity index (χ4n) is 2.04. The SMILES string of the molecule is Cc1nc(SCc2cc(-c3ccccc3)on2)sc1CC(N)=O. The highest BCUT2D eigenvalue weighted by Gasteiger charge is 2.12. The molecule has 2 N–H and O–H groups in total. The molecule has 0 unspecified atom stereocenters. The van der Waals surface area contributed by atoms with Gasteiger partial charge in [-0.2, -0.15) is 0 Å². The highest BCUT2D eigenvalue weighted by Crippen LogP contribution is 2.30. The van der Waals surface area contributed by atoms with E-state index in [0.717, 1.165) is 31.9 Å². The van der Waals surface area contributed by atoms with Gasteiger partial charge in [-0.1, -0.05) is 47.3 Å². The van der Waals surface area contributed by atoms with Crippen molar-refractivity contribution in [3.63, 3.8) is 0 Å². The number of carbonyl (C=O) groups is 1. The zero-order valence-electron chi connectivity index (χ0n) is 12.5. The largest absolute Gasteiger partial charge is 0.369 e. The summed E-state index contributed by atoms with van der Waals surface area (Å²) < 4.78 is 6.28. The number of nitrogens with zero attached hydrogens (tertiary/aromatic N) is 2. The van der Waals surface area contributed by atoms with Crippen LogP contribution in [0, 0.1) is 6.92 Å². The lowest BCUT2D eigenvalue weighted by Crippen LogP contribution is -2.13. The zero-order chi connectivity index (χ0) is 16.2. The van der Waals surface area contributed by atoms with Crippen molar-refractivity contribution in [2.45, 2.75) is 23.4 Å². The maximum absolute atomic E-state index is 11.0. The number of carbonyl (C=O) groups excluding carboxylic acids is 1. The van der Waals surface area contributed by atoms with Gasteiger partial charge in [0.05, 0.1) is 17.8 Å². The smallest absolute Gasteiger partial charge is 0.222 e. The standard InChI is InChI=1S/C16H15N3O2S2/c1-10-14(8-15(17)20)23-16(18-10)22-9-12-7-13(21-19-12)11-5-3-2-4-6-11/h2-7H,8-9H2,1H3,(H2,17,20). The normalized spacial score (nSPS) is 10.8. The van der Waals surface area contributed by atoms with Gasteiger partial charge in [0.2, 0.25) is 5.91 Å². The second-order valence-corrected chi connectivity index (χ2v) is 7.27. The quantitative estimate of drug-likeness (QED) is 0.692. The molecule has 2 aromatic heterocycles. The molecular weight excluding hydrogens is 330 g/mol. The van der Waals surface area contributed by atoms with Crippen LogP contribution in [0.15, 0.2) is 45.3 Å². The molecule has 1 aromatic carbocycles. The molecule has 0 bridgehead atoms. The molecule has 0 fully saturated rings. The molecule has 0 radical (unpaired) electrons. The minimum absolute atomic E-state index is 0.242. The van der Waals surface area contributed by atoms with Gasteiger partial charge in [-0.25, -0.2) is 4.98 Å². The number of aromatic nitrogens is 2. The number of nitrogens with two attached hydrogens (primary N) is 1. The summed E-state index contributed by atoms with van der Waals surface area (Å²) in [5.41, 5.74) is 7.96. The van der Waals surface area contributed by atoms with Crippen LogP contribution in [0.3, 0.4) is 0 Å². The number of hydrogen-bond donors (Lipinski definition) is 1. The van der Waals surface area contributed by atoms with Crippen LogP contribution in [0.25, 0.3) is 11.3 Å². The van der Waals surface area contributed by atoms with Gasteiger partial charge in [-0.3, -0.25) is 4.79 Å². The number of thiazole rings is 1. The van der Waals surface area contributed by atoms with Crippen LogP contribution in [-0.2, 0) is 17.0 Å². The van der Waals surface area contributed by atoms with Crippen LogP contribution in [-0.4, -0.2) is 16.0 Å². The van der Waals surface area contributed by atoms with Gasteiger partial charge in [0.15, 0.2) is 10.1 Å². The fourth-order valence-corrected chi connectivity index (χ4v) is 4.16. The first-order chi connectivity index (χ1) is 11.1. The van der Waals surface area contributed by atoms with E-state index in [9.17, 15) is 4.79 Å². The molecule has 0 aliphatic heterocycles. The summed E-state index contributed by atoms with van der Waals surface area (Å²) in [6.45, 7) is 1.89. The minimum Gasteiger partial charge on any atom is -0.369 e. The van der Waals surface area contributed by atoms with Crippen molar-refractivity contribution in [2.24, 2.45) is 5.73 Å². The van der Waals surface area contributed by atoms with Crippen molar-refractivity contribution in [1.82, 2.24) is 10.1 Å². The number of aryl methyl sites for hydroxylation is 1. The predicted molar refractivity (Wildman–Crippen MR) is 91.2 cm³/mol. The van der Waals surface area contributed by atoms with Crippen molar-refractivity contribution in [3.8, 4) is 11.3 Å². The topological polar surface area (TPSA) is 82.0 Å². The number of primary amides is 1. The Morgan fingerprint density at radius 2 is 2.13 bits per heavy atom. The number of benzene rings is 1. The van der Waals surface area contributed by atoms with E-state index in [2.05, 4.69) is 10.1 Å². The van der Waals surface area contributed by atoms with Crippen molar-refractivity contribution in [2.75, 3.05) is 0 Å². The first-order valence-electron chi connectivity index (χ1n) is 7.00. The molecular formula is C16H15N3O2S2. The molecule has 0 saturated carbocycles. The number of rotatable bonds is 6. The minimum atomic E-state index is -0.336. The molecule has 3 rings (SSSR count). The van der Waals surface area contributed by atoms with Gasteiger partial charge in [-0.15, -0.1) is 11.3 Å². The molecule has 0 atom stereocenters. The monoisotopic (exact) mass is 345 g/mol. The van der Waals surface area contributed by atoms with Crippen molar-refractivity contribution in [1.29, 1.82) is 0 Å². The lowest BCUT2D eigenvalue weighted by Gasteiger charge is -1.92. The van der Waals surface area contributed by atoms with E-state index in [-0.39, 0.29) is 12.3 Å². The Kier molecular flexibility index (Phi) is 4.78. The van der Waals surface area contributed by atoms with E-state index in [0.29, 0.717) is 5.75 Å². The number of thioether (sulfide) groups is 1. The van der Waals surface area contributed by atoms with Gasteiger partial charge in [0, 0.05) is 22.3 Å². The molecule has 2 heterocycles. The molecule has 7 heteroatoms. The summed E-state index contributed by atoms with van der Waals surface area (Å²) in [4.78, 5) is 16.4. The Morgan fingerprint density at radius 1 is 1.35 bits per heavy atom. The molecule has 118 valence electrons. The van der Waals surface area contributed by atoms with Crippen molar-refractivity contribution < 1.29 is 9.32 Å². The molecule has 0 spiro atoms.